The largest absolute Gasteiger partial charge is 0.493 e. The third-order valence-corrected chi connectivity index (χ3v) is 3.37. The molecular formula is C16H18N4O3S. The molecule has 0 fully saturated rings. The quantitative estimate of drug-likeness (QED) is 0.363. The lowest BCUT2D eigenvalue weighted by Crippen LogP contribution is -2.18. The van der Waals surface area contributed by atoms with Crippen LogP contribution in [0.15, 0.2) is 47.1 Å². The summed E-state index contributed by atoms with van der Waals surface area (Å²) in [6.07, 6.45) is 1.64. The normalized spacial score (nSPS) is 10.9. The van der Waals surface area contributed by atoms with Crippen molar-refractivity contribution in [2.75, 3.05) is 13.2 Å². The monoisotopic (exact) mass is 346 g/mol. The number of nitrogens with one attached hydrogen (secondary N) is 1. The summed E-state index contributed by atoms with van der Waals surface area (Å²) in [5.74, 6) is -0.611. The van der Waals surface area contributed by atoms with Crippen molar-refractivity contribution in [1.82, 2.24) is 9.88 Å². The number of carbonyl (C=O) groups excluding carboxylic acids is 1. The van der Waals surface area contributed by atoms with E-state index in [9.17, 15) is 9.90 Å². The molecule has 0 saturated carbocycles. The fourth-order valence-corrected chi connectivity index (χ4v) is 2.28. The van der Waals surface area contributed by atoms with Gasteiger partial charge in [0, 0.05) is 11.9 Å². The van der Waals surface area contributed by atoms with Gasteiger partial charge in [-0.25, -0.2) is 0 Å². The number of ether oxygens (including phenoxy) is 1. The van der Waals surface area contributed by atoms with E-state index in [0.29, 0.717) is 17.4 Å². The lowest BCUT2D eigenvalue weighted by molar-refractivity contribution is -0.143. The Hall–Kier alpha value is -2.74. The Morgan fingerprint density at radius 3 is 2.96 bits per heavy atom. The average molecular weight is 346 g/mol. The van der Waals surface area contributed by atoms with Crippen LogP contribution in [0.5, 0.6) is 5.88 Å². The Morgan fingerprint density at radius 2 is 2.25 bits per heavy atom. The zero-order chi connectivity index (χ0) is 17.5. The van der Waals surface area contributed by atoms with Gasteiger partial charge in [0.15, 0.2) is 5.69 Å². The molecule has 2 N–H and O–H groups in total. The summed E-state index contributed by atoms with van der Waals surface area (Å²) in [7, 11) is 0. The molecule has 0 atom stereocenters. The van der Waals surface area contributed by atoms with Crippen molar-refractivity contribution < 1.29 is 14.6 Å². The standard InChI is InChI=1S/C16H18N4O3S/c1-3-9-17-16(24)19-18-14-11-7-5-6-8-12(11)20(15(14)22)10-13(21)23-4-2/h3,5-8,22H,1,4,9-10H2,2H3,(H,17,24). The van der Waals surface area contributed by atoms with E-state index in [1.165, 1.54) is 4.57 Å². The van der Waals surface area contributed by atoms with E-state index in [-0.39, 0.29) is 29.8 Å². The molecule has 2 aromatic rings. The van der Waals surface area contributed by atoms with Crippen molar-refractivity contribution in [2.45, 2.75) is 13.5 Å². The first-order valence-electron chi connectivity index (χ1n) is 7.34. The van der Waals surface area contributed by atoms with Crippen LogP contribution in [-0.2, 0) is 16.1 Å². The first-order valence-corrected chi connectivity index (χ1v) is 7.75. The summed E-state index contributed by atoms with van der Waals surface area (Å²) in [5, 5.41) is 22.0. The molecule has 2 rings (SSSR count). The van der Waals surface area contributed by atoms with Crippen LogP contribution in [0.4, 0.5) is 5.69 Å². The third-order valence-electron chi connectivity index (χ3n) is 3.15. The first-order chi connectivity index (χ1) is 11.6. The Labute approximate surface area is 144 Å². The summed E-state index contributed by atoms with van der Waals surface area (Å²) in [6.45, 7) is 5.92. The van der Waals surface area contributed by atoms with E-state index in [2.05, 4.69) is 22.1 Å². The number of nitrogens with zero attached hydrogens (tertiary/aromatic N) is 3. The van der Waals surface area contributed by atoms with E-state index >= 15 is 0 Å². The second kappa shape index (κ2) is 8.21. The van der Waals surface area contributed by atoms with Crippen molar-refractivity contribution >= 4 is 39.9 Å². The Balaban J connectivity index is 2.38. The van der Waals surface area contributed by atoms with E-state index in [1.54, 1.807) is 31.2 Å². The molecule has 0 bridgehead atoms. The number of hydrogen-bond donors (Lipinski definition) is 2. The van der Waals surface area contributed by atoms with Crippen LogP contribution >= 0.6 is 12.2 Å². The molecule has 0 amide bonds. The van der Waals surface area contributed by atoms with Gasteiger partial charge in [0.25, 0.3) is 0 Å². The van der Waals surface area contributed by atoms with E-state index in [1.807, 2.05) is 6.07 Å². The van der Waals surface area contributed by atoms with Gasteiger partial charge >= 0.3 is 5.97 Å². The molecule has 1 aromatic heterocycles. The number of benzene rings is 1. The molecule has 1 heterocycles. The van der Waals surface area contributed by atoms with Crippen LogP contribution in [0.25, 0.3) is 10.9 Å². The fraction of sp³-hybridized carbons (Fsp3) is 0.250. The fourth-order valence-electron chi connectivity index (χ4n) is 2.16. The number of esters is 1. The number of rotatable bonds is 6. The van der Waals surface area contributed by atoms with Gasteiger partial charge in [0.05, 0.1) is 12.1 Å². The Morgan fingerprint density at radius 1 is 1.50 bits per heavy atom. The molecule has 0 aliphatic heterocycles. The summed E-state index contributed by atoms with van der Waals surface area (Å²) < 4.78 is 6.37. The maximum absolute atomic E-state index is 11.8. The van der Waals surface area contributed by atoms with Crippen LogP contribution in [0.2, 0.25) is 0 Å². The summed E-state index contributed by atoms with van der Waals surface area (Å²) >= 11 is 5.01. The van der Waals surface area contributed by atoms with Crippen LogP contribution in [-0.4, -0.2) is 33.9 Å². The van der Waals surface area contributed by atoms with Crippen molar-refractivity contribution in [1.29, 1.82) is 0 Å². The maximum Gasteiger partial charge on any atom is 0.326 e. The third kappa shape index (κ3) is 3.96. The lowest BCUT2D eigenvalue weighted by Gasteiger charge is -2.06. The van der Waals surface area contributed by atoms with Gasteiger partial charge in [-0.05, 0) is 25.2 Å². The molecule has 0 aliphatic rings. The van der Waals surface area contributed by atoms with E-state index in [4.69, 9.17) is 17.0 Å². The molecule has 0 saturated heterocycles. The minimum absolute atomic E-state index is 0.116. The number of aromatic nitrogens is 1. The van der Waals surface area contributed by atoms with Crippen LogP contribution in [0.1, 0.15) is 6.92 Å². The van der Waals surface area contributed by atoms with Gasteiger partial charge in [-0.15, -0.1) is 16.8 Å². The van der Waals surface area contributed by atoms with Gasteiger partial charge in [-0.3, -0.25) is 9.36 Å². The SMILES string of the molecule is C=CCNC(=S)N=Nc1c(O)n(CC(=O)OCC)c2ccccc12. The molecule has 0 unspecified atom stereocenters. The van der Waals surface area contributed by atoms with Crippen molar-refractivity contribution in [3.05, 3.63) is 36.9 Å². The van der Waals surface area contributed by atoms with Crippen molar-refractivity contribution in [3.8, 4) is 5.88 Å². The lowest BCUT2D eigenvalue weighted by atomic mass is 10.2. The molecule has 0 aliphatic carbocycles. The average Bonchev–Trinajstić information content (AvgIpc) is 2.83. The number of para-hydroxylation sites is 1. The van der Waals surface area contributed by atoms with E-state index < -0.39 is 5.97 Å². The smallest absolute Gasteiger partial charge is 0.326 e. The highest BCUT2D eigenvalue weighted by Crippen LogP contribution is 2.38. The van der Waals surface area contributed by atoms with Crippen LogP contribution in [0.3, 0.4) is 0 Å². The van der Waals surface area contributed by atoms with E-state index in [0.717, 1.165) is 0 Å². The number of aromatic hydroxyl groups is 1. The molecule has 126 valence electrons. The van der Waals surface area contributed by atoms with Crippen molar-refractivity contribution in [3.63, 3.8) is 0 Å². The minimum Gasteiger partial charge on any atom is -0.493 e. The second-order valence-corrected chi connectivity index (χ2v) is 5.14. The highest BCUT2D eigenvalue weighted by Gasteiger charge is 2.18. The predicted octanol–water partition coefficient (Wildman–Crippen LogP) is 3.05. The number of thiocarbonyl (C=S) groups is 1. The number of hydrogen-bond acceptors (Lipinski definition) is 5. The molecule has 1 aromatic carbocycles. The van der Waals surface area contributed by atoms with Gasteiger partial charge < -0.3 is 15.2 Å². The predicted molar refractivity (Wildman–Crippen MR) is 95.5 cm³/mol. The topological polar surface area (TPSA) is 88.2 Å². The van der Waals surface area contributed by atoms with Crippen LogP contribution < -0.4 is 5.32 Å². The Kier molecular flexibility index (Phi) is 6.02. The maximum atomic E-state index is 11.8. The molecule has 7 nitrogen and oxygen atoms in total. The Bertz CT molecular complexity index is 798. The summed E-state index contributed by atoms with van der Waals surface area (Å²) in [4.78, 5) is 11.8. The van der Waals surface area contributed by atoms with Gasteiger partial charge in [0.1, 0.15) is 6.54 Å². The first kappa shape index (κ1) is 17.6. The number of azo groups is 1. The van der Waals surface area contributed by atoms with Gasteiger partial charge in [0.2, 0.25) is 11.0 Å². The highest BCUT2D eigenvalue weighted by molar-refractivity contribution is 7.80. The number of fused-ring (bicyclic) bond motifs is 1. The molecule has 24 heavy (non-hydrogen) atoms. The highest BCUT2D eigenvalue weighted by atomic mass is 32.1. The number of carbonyl (C=O) groups is 1. The second-order valence-electron chi connectivity index (χ2n) is 4.76. The zero-order valence-electron chi connectivity index (χ0n) is 13.2. The van der Waals surface area contributed by atoms with Crippen molar-refractivity contribution in [2.24, 2.45) is 10.2 Å². The summed E-state index contributed by atoms with van der Waals surface area (Å²) in [5.41, 5.74) is 0.902. The molecule has 0 radical (unpaired) electrons. The van der Waals surface area contributed by atoms with Crippen LogP contribution in [0, 0.1) is 0 Å². The molecular weight excluding hydrogens is 328 g/mol. The van der Waals surface area contributed by atoms with Gasteiger partial charge in [-0.1, -0.05) is 24.3 Å². The molecule has 0 spiro atoms. The molecule has 8 heteroatoms. The summed E-state index contributed by atoms with van der Waals surface area (Å²) in [6, 6.07) is 7.18. The van der Waals surface area contributed by atoms with Gasteiger partial charge in [-0.2, -0.15) is 0 Å². The minimum atomic E-state index is -0.444. The zero-order valence-corrected chi connectivity index (χ0v) is 14.0.